The van der Waals surface area contributed by atoms with Gasteiger partial charge in [0, 0.05) is 5.56 Å². The second-order valence-electron chi connectivity index (χ2n) is 2.66. The van der Waals surface area contributed by atoms with Crippen LogP contribution in [0.4, 0.5) is 4.39 Å². The van der Waals surface area contributed by atoms with E-state index in [4.69, 9.17) is 5.26 Å². The number of hydrogen-bond donors (Lipinski definition) is 1. The molecule has 1 aromatic carbocycles. The number of hydrogen-bond acceptors (Lipinski definition) is 3. The smallest absolute Gasteiger partial charge is 0.123 e. The minimum Gasteiger partial charge on any atom is -0.207 e. The van der Waals surface area contributed by atoms with E-state index >= 15 is 0 Å². The van der Waals surface area contributed by atoms with Gasteiger partial charge < -0.3 is 0 Å². The number of aromatic nitrogens is 3. The van der Waals surface area contributed by atoms with Crippen LogP contribution >= 0.6 is 0 Å². The number of H-pyrrole nitrogens is 1. The predicted molar refractivity (Wildman–Crippen MR) is 46.5 cm³/mol. The van der Waals surface area contributed by atoms with Crippen LogP contribution in [0.2, 0.25) is 0 Å². The summed E-state index contributed by atoms with van der Waals surface area (Å²) in [7, 11) is 0. The summed E-state index contributed by atoms with van der Waals surface area (Å²) in [6.45, 7) is 0. The Morgan fingerprint density at radius 2 is 2.29 bits per heavy atom. The summed E-state index contributed by atoms with van der Waals surface area (Å²) >= 11 is 0. The summed E-state index contributed by atoms with van der Waals surface area (Å²) in [6, 6.07) is 5.88. The summed E-state index contributed by atoms with van der Waals surface area (Å²) in [5, 5.41) is 18.6. The number of benzene rings is 1. The molecule has 0 aliphatic carbocycles. The first-order valence-corrected chi connectivity index (χ1v) is 3.87. The molecule has 1 N–H and O–H groups in total. The molecule has 0 spiro atoms. The quantitative estimate of drug-likeness (QED) is 0.737. The maximum absolute atomic E-state index is 12.9. The summed E-state index contributed by atoms with van der Waals surface area (Å²) < 4.78 is 12.9. The predicted octanol–water partition coefficient (Wildman–Crippen LogP) is 1.48. The van der Waals surface area contributed by atoms with Crippen LogP contribution < -0.4 is 0 Å². The number of halogens is 1. The van der Waals surface area contributed by atoms with Crippen LogP contribution in [0.25, 0.3) is 11.3 Å². The number of nitrogens with one attached hydrogen (secondary N) is 1. The summed E-state index contributed by atoms with van der Waals surface area (Å²) in [5.74, 6) is -0.401. The normalized spacial score (nSPS) is 9.71. The zero-order valence-corrected chi connectivity index (χ0v) is 7.03. The minimum absolute atomic E-state index is 0.375. The van der Waals surface area contributed by atoms with Gasteiger partial charge in [0.15, 0.2) is 0 Å². The van der Waals surface area contributed by atoms with Crippen LogP contribution in [0.3, 0.4) is 0 Å². The van der Waals surface area contributed by atoms with Crippen LogP contribution in [0.1, 0.15) is 5.56 Å². The van der Waals surface area contributed by atoms with Crippen molar-refractivity contribution < 1.29 is 4.39 Å². The van der Waals surface area contributed by atoms with E-state index in [2.05, 4.69) is 15.4 Å². The van der Waals surface area contributed by atoms with Crippen molar-refractivity contribution >= 4 is 0 Å². The fraction of sp³-hybridized carbons (Fsp3) is 0. The van der Waals surface area contributed by atoms with Crippen LogP contribution in [-0.2, 0) is 0 Å². The van der Waals surface area contributed by atoms with Crippen molar-refractivity contribution in [3.05, 3.63) is 35.8 Å². The zero-order chi connectivity index (χ0) is 9.97. The first-order chi connectivity index (χ1) is 6.81. The van der Waals surface area contributed by atoms with Crippen molar-refractivity contribution in [2.75, 3.05) is 0 Å². The van der Waals surface area contributed by atoms with E-state index in [9.17, 15) is 4.39 Å². The second kappa shape index (κ2) is 3.26. The van der Waals surface area contributed by atoms with Crippen molar-refractivity contribution in [3.63, 3.8) is 0 Å². The molecule has 0 fully saturated rings. The van der Waals surface area contributed by atoms with Gasteiger partial charge in [-0.15, -0.1) is 0 Å². The van der Waals surface area contributed by atoms with Gasteiger partial charge in [-0.1, -0.05) is 0 Å². The van der Waals surface area contributed by atoms with E-state index in [0.717, 1.165) is 0 Å². The highest BCUT2D eigenvalue weighted by atomic mass is 19.1. The molecule has 0 saturated heterocycles. The lowest BCUT2D eigenvalue weighted by Gasteiger charge is -1.98. The van der Waals surface area contributed by atoms with Crippen molar-refractivity contribution in [1.29, 1.82) is 5.26 Å². The van der Waals surface area contributed by atoms with Gasteiger partial charge in [-0.3, -0.25) is 0 Å². The second-order valence-corrected chi connectivity index (χ2v) is 2.66. The molecule has 14 heavy (non-hydrogen) atoms. The molecule has 0 aliphatic rings. The van der Waals surface area contributed by atoms with E-state index in [-0.39, 0.29) is 0 Å². The Hall–Kier alpha value is -2.22. The van der Waals surface area contributed by atoms with Gasteiger partial charge >= 0.3 is 0 Å². The Morgan fingerprint density at radius 1 is 1.43 bits per heavy atom. The van der Waals surface area contributed by atoms with E-state index in [1.807, 2.05) is 6.07 Å². The molecule has 4 nitrogen and oxygen atoms in total. The molecule has 0 radical (unpaired) electrons. The lowest BCUT2D eigenvalue weighted by Crippen LogP contribution is -1.86. The highest BCUT2D eigenvalue weighted by Crippen LogP contribution is 2.21. The van der Waals surface area contributed by atoms with Gasteiger partial charge in [0.2, 0.25) is 0 Å². The fourth-order valence-electron chi connectivity index (χ4n) is 1.16. The summed E-state index contributed by atoms with van der Waals surface area (Å²) in [5.41, 5.74) is 1.28. The van der Waals surface area contributed by atoms with Crippen LogP contribution in [0.15, 0.2) is 24.4 Å². The Labute approximate surface area is 79.0 Å². The molecular weight excluding hydrogens is 183 g/mol. The number of nitrogens with zero attached hydrogens (tertiary/aromatic N) is 3. The average molecular weight is 188 g/mol. The molecule has 0 aliphatic heterocycles. The van der Waals surface area contributed by atoms with Gasteiger partial charge in [-0.05, 0) is 18.2 Å². The fourth-order valence-corrected chi connectivity index (χ4v) is 1.16. The Balaban J connectivity index is 2.63. The summed E-state index contributed by atoms with van der Waals surface area (Å²) in [4.78, 5) is 0. The van der Waals surface area contributed by atoms with Crippen LogP contribution in [0, 0.1) is 17.1 Å². The maximum atomic E-state index is 12.9. The third-order valence-electron chi connectivity index (χ3n) is 1.79. The number of nitriles is 1. The molecule has 1 heterocycles. The van der Waals surface area contributed by atoms with E-state index in [0.29, 0.717) is 16.8 Å². The van der Waals surface area contributed by atoms with Crippen LogP contribution in [0.5, 0.6) is 0 Å². The van der Waals surface area contributed by atoms with Crippen molar-refractivity contribution in [3.8, 4) is 17.3 Å². The van der Waals surface area contributed by atoms with Crippen molar-refractivity contribution in [1.82, 2.24) is 15.4 Å². The molecule has 1 aromatic heterocycles. The first kappa shape index (κ1) is 8.38. The van der Waals surface area contributed by atoms with Gasteiger partial charge in [-0.25, -0.2) is 4.39 Å². The van der Waals surface area contributed by atoms with Gasteiger partial charge in [0.1, 0.15) is 11.5 Å². The molecular formula is C9H5FN4. The average Bonchev–Trinajstić information content (AvgIpc) is 2.70. The lowest BCUT2D eigenvalue weighted by atomic mass is 10.1. The Morgan fingerprint density at radius 3 is 2.93 bits per heavy atom. The Bertz CT molecular complexity index is 484. The minimum atomic E-state index is -0.401. The van der Waals surface area contributed by atoms with Gasteiger partial charge in [0.05, 0.1) is 17.8 Å². The molecule has 0 atom stereocenters. The van der Waals surface area contributed by atoms with Crippen LogP contribution in [-0.4, -0.2) is 15.4 Å². The van der Waals surface area contributed by atoms with E-state index < -0.39 is 5.82 Å². The molecule has 5 heteroatoms. The highest BCUT2D eigenvalue weighted by molar-refractivity contribution is 5.66. The SMILES string of the molecule is N#Cc1ccc(F)cc1-c1cn[nH]n1. The molecule has 68 valence electrons. The third-order valence-corrected chi connectivity index (χ3v) is 1.79. The maximum Gasteiger partial charge on any atom is 0.123 e. The largest absolute Gasteiger partial charge is 0.207 e. The molecule has 0 saturated carbocycles. The lowest BCUT2D eigenvalue weighted by molar-refractivity contribution is 0.628. The van der Waals surface area contributed by atoms with Crippen molar-refractivity contribution in [2.45, 2.75) is 0 Å². The highest BCUT2D eigenvalue weighted by Gasteiger charge is 2.08. The van der Waals surface area contributed by atoms with Gasteiger partial charge in [-0.2, -0.15) is 20.7 Å². The molecule has 0 bridgehead atoms. The standard InChI is InChI=1S/C9H5FN4/c10-7-2-1-6(4-11)8(3-7)9-5-12-14-13-9/h1-3,5H,(H,12,13,14). The number of rotatable bonds is 1. The van der Waals surface area contributed by atoms with Crippen molar-refractivity contribution in [2.24, 2.45) is 0 Å². The Kier molecular flexibility index (Phi) is 1.95. The third kappa shape index (κ3) is 1.33. The van der Waals surface area contributed by atoms with Gasteiger partial charge in [0.25, 0.3) is 0 Å². The van der Waals surface area contributed by atoms with E-state index in [1.165, 1.54) is 24.4 Å². The molecule has 0 amide bonds. The number of aromatic amines is 1. The summed E-state index contributed by atoms with van der Waals surface area (Å²) in [6.07, 6.45) is 1.44. The zero-order valence-electron chi connectivity index (χ0n) is 7.03. The first-order valence-electron chi connectivity index (χ1n) is 3.87. The molecule has 0 unspecified atom stereocenters. The monoisotopic (exact) mass is 188 g/mol. The molecule has 2 rings (SSSR count). The topological polar surface area (TPSA) is 65.4 Å². The molecule has 2 aromatic rings. The van der Waals surface area contributed by atoms with E-state index in [1.54, 1.807) is 0 Å².